The minimum atomic E-state index is 0.302. The molecule has 0 unspecified atom stereocenters. The fourth-order valence-corrected chi connectivity index (χ4v) is 1.80. The fourth-order valence-electron chi connectivity index (χ4n) is 1.80. The molecule has 6 heteroatoms. The number of nitriles is 1. The number of hydrogen-bond acceptors (Lipinski definition) is 5. The fraction of sp³-hybridized carbons (Fsp3) is 0. The molecule has 0 saturated heterocycles. The van der Waals surface area contributed by atoms with E-state index in [4.69, 9.17) is 11.0 Å². The minimum absolute atomic E-state index is 0.302. The van der Waals surface area contributed by atoms with E-state index >= 15 is 0 Å². The Labute approximate surface area is 102 Å². The van der Waals surface area contributed by atoms with E-state index < -0.39 is 0 Å². The minimum Gasteiger partial charge on any atom is -0.382 e. The lowest BCUT2D eigenvalue weighted by Gasteiger charge is -2.06. The molecular weight excluding hydrogens is 228 g/mol. The van der Waals surface area contributed by atoms with Gasteiger partial charge in [-0.2, -0.15) is 20.6 Å². The molecule has 0 aliphatic carbocycles. The van der Waals surface area contributed by atoms with Crippen molar-refractivity contribution in [2.24, 2.45) is 0 Å². The normalized spacial score (nSPS) is 10.4. The summed E-state index contributed by atoms with van der Waals surface area (Å²) in [4.78, 5) is 0. The van der Waals surface area contributed by atoms with E-state index in [-0.39, 0.29) is 0 Å². The summed E-state index contributed by atoms with van der Waals surface area (Å²) in [5.74, 6) is 0.302. The Morgan fingerprint density at radius 3 is 2.83 bits per heavy atom. The average Bonchev–Trinajstić information content (AvgIpc) is 2.79. The number of fused-ring (bicyclic) bond motifs is 1. The number of nitrogen functional groups attached to an aromatic ring is 1. The molecule has 0 aliphatic rings. The second kappa shape index (κ2) is 3.82. The maximum atomic E-state index is 8.88. The summed E-state index contributed by atoms with van der Waals surface area (Å²) in [7, 11) is 0. The predicted molar refractivity (Wildman–Crippen MR) is 65.8 cm³/mol. The number of benzene rings is 1. The van der Waals surface area contributed by atoms with Crippen LogP contribution >= 0.6 is 0 Å². The summed E-state index contributed by atoms with van der Waals surface area (Å²) in [5, 5.41) is 21.8. The molecule has 0 saturated carbocycles. The number of aromatic nitrogens is 4. The van der Waals surface area contributed by atoms with Gasteiger partial charge in [0.05, 0.1) is 23.6 Å². The van der Waals surface area contributed by atoms with Gasteiger partial charge in [-0.1, -0.05) is 18.2 Å². The molecule has 86 valence electrons. The number of hydrogen-bond donors (Lipinski definition) is 1. The van der Waals surface area contributed by atoms with Crippen LogP contribution in [0.3, 0.4) is 0 Å². The van der Waals surface area contributed by atoms with Gasteiger partial charge in [0, 0.05) is 5.39 Å². The van der Waals surface area contributed by atoms with Gasteiger partial charge < -0.3 is 5.73 Å². The van der Waals surface area contributed by atoms with Crippen LogP contribution in [0.15, 0.2) is 36.7 Å². The third kappa shape index (κ3) is 1.38. The van der Waals surface area contributed by atoms with Gasteiger partial charge in [-0.15, -0.1) is 0 Å². The van der Waals surface area contributed by atoms with Crippen LogP contribution in [0.1, 0.15) is 5.56 Å². The highest BCUT2D eigenvalue weighted by molar-refractivity contribution is 5.86. The first-order valence-corrected chi connectivity index (χ1v) is 5.25. The number of anilines is 1. The van der Waals surface area contributed by atoms with Crippen LogP contribution in [0.25, 0.3) is 16.6 Å². The van der Waals surface area contributed by atoms with Gasteiger partial charge in [-0.05, 0) is 6.07 Å². The molecule has 0 spiro atoms. The van der Waals surface area contributed by atoms with Crippen LogP contribution in [-0.4, -0.2) is 20.0 Å². The first-order valence-electron chi connectivity index (χ1n) is 5.25. The lowest BCUT2D eigenvalue weighted by atomic mass is 10.2. The average molecular weight is 236 g/mol. The Morgan fingerprint density at radius 2 is 2.06 bits per heavy atom. The molecule has 0 bridgehead atoms. The Bertz CT molecular complexity index is 762. The quantitative estimate of drug-likeness (QED) is 0.686. The largest absolute Gasteiger partial charge is 0.382 e. The Hall–Kier alpha value is -2.94. The van der Waals surface area contributed by atoms with Crippen molar-refractivity contribution in [3.05, 3.63) is 42.2 Å². The molecule has 0 fully saturated rings. The first-order chi connectivity index (χ1) is 8.81. The van der Waals surface area contributed by atoms with Crippen molar-refractivity contribution >= 4 is 16.7 Å². The molecule has 0 radical (unpaired) electrons. The van der Waals surface area contributed by atoms with Crippen molar-refractivity contribution in [3.63, 3.8) is 0 Å². The molecule has 0 aliphatic heterocycles. The molecule has 6 nitrogen and oxygen atoms in total. The summed E-state index contributed by atoms with van der Waals surface area (Å²) in [6.45, 7) is 0. The molecule has 1 aromatic carbocycles. The van der Waals surface area contributed by atoms with E-state index in [1.807, 2.05) is 30.3 Å². The lowest BCUT2D eigenvalue weighted by molar-refractivity contribution is 0.882. The van der Waals surface area contributed by atoms with E-state index in [1.54, 1.807) is 6.20 Å². The highest BCUT2D eigenvalue weighted by Crippen LogP contribution is 2.22. The summed E-state index contributed by atoms with van der Waals surface area (Å²) < 4.78 is 1.50. The van der Waals surface area contributed by atoms with E-state index in [0.717, 1.165) is 10.9 Å². The van der Waals surface area contributed by atoms with Crippen molar-refractivity contribution in [2.45, 2.75) is 0 Å². The highest BCUT2D eigenvalue weighted by Gasteiger charge is 2.11. The third-order valence-electron chi connectivity index (χ3n) is 2.68. The van der Waals surface area contributed by atoms with Crippen LogP contribution in [0.2, 0.25) is 0 Å². The van der Waals surface area contributed by atoms with Crippen LogP contribution in [0.5, 0.6) is 0 Å². The van der Waals surface area contributed by atoms with Gasteiger partial charge in [0.15, 0.2) is 0 Å². The van der Waals surface area contributed by atoms with Crippen molar-refractivity contribution in [3.8, 4) is 11.8 Å². The second-order valence-corrected chi connectivity index (χ2v) is 3.71. The molecule has 0 atom stereocenters. The van der Waals surface area contributed by atoms with Crippen molar-refractivity contribution in [1.29, 1.82) is 5.26 Å². The summed E-state index contributed by atoms with van der Waals surface area (Å²) in [6.07, 6.45) is 3.01. The topological polar surface area (TPSA) is 93.4 Å². The third-order valence-corrected chi connectivity index (χ3v) is 2.68. The lowest BCUT2D eigenvalue weighted by Crippen LogP contribution is -2.04. The van der Waals surface area contributed by atoms with Crippen LogP contribution in [0, 0.1) is 11.3 Å². The van der Waals surface area contributed by atoms with Crippen LogP contribution < -0.4 is 5.73 Å². The predicted octanol–water partition coefficient (Wildman–Crippen LogP) is 1.27. The first kappa shape index (κ1) is 10.2. The monoisotopic (exact) mass is 236 g/mol. The zero-order valence-electron chi connectivity index (χ0n) is 9.28. The molecule has 3 rings (SSSR count). The van der Waals surface area contributed by atoms with Crippen molar-refractivity contribution in [1.82, 2.24) is 20.0 Å². The smallest absolute Gasteiger partial charge is 0.145 e. The maximum Gasteiger partial charge on any atom is 0.145 e. The summed E-state index contributed by atoms with van der Waals surface area (Å²) in [6, 6.07) is 9.54. The molecule has 2 N–H and O–H groups in total. The highest BCUT2D eigenvalue weighted by atomic mass is 15.3. The van der Waals surface area contributed by atoms with Gasteiger partial charge in [0.1, 0.15) is 17.5 Å². The zero-order chi connectivity index (χ0) is 12.5. The van der Waals surface area contributed by atoms with E-state index in [0.29, 0.717) is 17.1 Å². The van der Waals surface area contributed by atoms with Crippen molar-refractivity contribution < 1.29 is 0 Å². The summed E-state index contributed by atoms with van der Waals surface area (Å²) in [5.41, 5.74) is 7.67. The molecule has 2 heterocycles. The maximum absolute atomic E-state index is 8.88. The van der Waals surface area contributed by atoms with Crippen molar-refractivity contribution in [2.75, 3.05) is 5.73 Å². The number of nitrogens with zero attached hydrogens (tertiary/aromatic N) is 5. The van der Waals surface area contributed by atoms with Gasteiger partial charge >= 0.3 is 0 Å². The van der Waals surface area contributed by atoms with E-state index in [2.05, 4.69) is 15.3 Å². The van der Waals surface area contributed by atoms with E-state index in [1.165, 1.54) is 10.9 Å². The Kier molecular flexibility index (Phi) is 2.17. The Morgan fingerprint density at radius 1 is 1.22 bits per heavy atom. The molecule has 3 aromatic rings. The number of nitrogens with two attached hydrogens (primary N) is 1. The van der Waals surface area contributed by atoms with Crippen LogP contribution in [0.4, 0.5) is 5.82 Å². The summed E-state index contributed by atoms with van der Waals surface area (Å²) >= 11 is 0. The van der Waals surface area contributed by atoms with Gasteiger partial charge in [0.25, 0.3) is 0 Å². The number of rotatable bonds is 1. The standard InChI is InChI=1S/C12H8N6/c13-5-8-6-16-18(12(8)14)11-7-15-17-10-4-2-1-3-9(10)11/h1-4,6-7H,14H2. The molecular formula is C12H8N6. The molecule has 2 aromatic heterocycles. The zero-order valence-corrected chi connectivity index (χ0v) is 9.28. The van der Waals surface area contributed by atoms with Crippen LogP contribution in [-0.2, 0) is 0 Å². The second-order valence-electron chi connectivity index (χ2n) is 3.71. The van der Waals surface area contributed by atoms with Gasteiger partial charge in [-0.25, -0.2) is 4.68 Å². The SMILES string of the molecule is N#Cc1cnn(-c2cnnc3ccccc23)c1N. The van der Waals surface area contributed by atoms with E-state index in [9.17, 15) is 0 Å². The molecule has 0 amide bonds. The Balaban J connectivity index is 2.32. The van der Waals surface area contributed by atoms with Gasteiger partial charge in [0.2, 0.25) is 0 Å². The molecule has 18 heavy (non-hydrogen) atoms. The van der Waals surface area contributed by atoms with Gasteiger partial charge in [-0.3, -0.25) is 0 Å².